The van der Waals surface area contributed by atoms with Crippen molar-refractivity contribution >= 4 is 55.4 Å². The zero-order chi connectivity index (χ0) is 31.0. The smallest absolute Gasteiger partial charge is 0.318 e. The topological polar surface area (TPSA) is 201 Å². The van der Waals surface area contributed by atoms with Crippen molar-refractivity contribution in [2.75, 3.05) is 20.8 Å². The molecule has 0 radical (unpaired) electrons. The zero-order valence-corrected chi connectivity index (χ0v) is 25.2. The summed E-state index contributed by atoms with van der Waals surface area (Å²) in [6.45, 7) is 1.35. The van der Waals surface area contributed by atoms with E-state index in [-0.39, 0.29) is 35.3 Å². The van der Waals surface area contributed by atoms with Crippen LogP contribution in [-0.4, -0.2) is 47.8 Å². The van der Waals surface area contributed by atoms with Crippen molar-refractivity contribution < 1.29 is 33.6 Å². The summed E-state index contributed by atoms with van der Waals surface area (Å²) in [5, 5.41) is 35.9. The van der Waals surface area contributed by atoms with Crippen molar-refractivity contribution in [3.8, 4) is 29.2 Å². The monoisotopic (exact) mass is 706 g/mol. The summed E-state index contributed by atoms with van der Waals surface area (Å²) in [4.78, 5) is 37.4. The second kappa shape index (κ2) is 14.3. The molecular weight excluding hydrogens is 688 g/mol. The SMILES string of the molecule is COCc1c(Br)c(C)nc(OCC(=O)NN=Cc2cc(Br)c(Oc3ccc([N+](=O)[O-])cc3[N+](=O)[O-])c(OC)c2)c1C#N. The number of amides is 1. The number of halogens is 2. The minimum Gasteiger partial charge on any atom is -0.493 e. The number of carbonyl (C=O) groups excluding carboxylic acids is 1. The first-order valence-electron chi connectivity index (χ1n) is 11.5. The number of non-ortho nitro benzene ring substituents is 1. The van der Waals surface area contributed by atoms with Crippen molar-refractivity contribution in [3.05, 3.63) is 81.9 Å². The summed E-state index contributed by atoms with van der Waals surface area (Å²) >= 11 is 6.69. The van der Waals surface area contributed by atoms with E-state index in [0.29, 0.717) is 25.8 Å². The van der Waals surface area contributed by atoms with E-state index in [1.807, 2.05) is 6.07 Å². The lowest BCUT2D eigenvalue weighted by Crippen LogP contribution is -2.25. The number of hydrazone groups is 1. The van der Waals surface area contributed by atoms with Crippen LogP contribution in [0.25, 0.3) is 0 Å². The molecule has 0 spiro atoms. The molecule has 3 rings (SSSR count). The number of nitriles is 1. The van der Waals surface area contributed by atoms with Crippen molar-refractivity contribution in [3.63, 3.8) is 0 Å². The second-order valence-electron chi connectivity index (χ2n) is 8.10. The van der Waals surface area contributed by atoms with Gasteiger partial charge in [-0.1, -0.05) is 0 Å². The molecule has 1 aromatic heterocycles. The van der Waals surface area contributed by atoms with Gasteiger partial charge in [-0.2, -0.15) is 10.4 Å². The number of nitro benzene ring substituents is 2. The number of ether oxygens (including phenoxy) is 4. The highest BCUT2D eigenvalue weighted by molar-refractivity contribution is 9.10. The molecule has 1 heterocycles. The van der Waals surface area contributed by atoms with Crippen LogP contribution in [-0.2, 0) is 16.1 Å². The van der Waals surface area contributed by atoms with Crippen LogP contribution in [0.2, 0.25) is 0 Å². The molecule has 2 aromatic carbocycles. The molecule has 218 valence electrons. The minimum atomic E-state index is -0.802. The van der Waals surface area contributed by atoms with Gasteiger partial charge in [0.2, 0.25) is 11.6 Å². The van der Waals surface area contributed by atoms with E-state index in [2.05, 4.69) is 47.4 Å². The number of nitro groups is 2. The maximum atomic E-state index is 12.3. The Morgan fingerprint density at radius 3 is 2.52 bits per heavy atom. The molecule has 1 N–H and O–H groups in total. The predicted octanol–water partition coefficient (Wildman–Crippen LogP) is 5.08. The molecule has 0 aliphatic carbocycles. The van der Waals surface area contributed by atoms with Crippen LogP contribution in [0, 0.1) is 38.5 Å². The number of benzene rings is 2. The Morgan fingerprint density at radius 2 is 1.90 bits per heavy atom. The van der Waals surface area contributed by atoms with Gasteiger partial charge in [-0.3, -0.25) is 25.0 Å². The van der Waals surface area contributed by atoms with E-state index in [9.17, 15) is 30.3 Å². The van der Waals surface area contributed by atoms with Gasteiger partial charge >= 0.3 is 5.69 Å². The third-order valence-electron chi connectivity index (χ3n) is 5.32. The van der Waals surface area contributed by atoms with E-state index in [0.717, 1.165) is 18.2 Å². The molecule has 3 aromatic rings. The fourth-order valence-electron chi connectivity index (χ4n) is 3.43. The number of methoxy groups -OCH3 is 2. The van der Waals surface area contributed by atoms with Crippen molar-refractivity contribution in [1.29, 1.82) is 5.26 Å². The number of nitrogens with one attached hydrogen (secondary N) is 1. The number of rotatable bonds is 12. The summed E-state index contributed by atoms with van der Waals surface area (Å²) in [7, 11) is 2.82. The molecule has 0 aliphatic rings. The maximum Gasteiger partial charge on any atom is 0.318 e. The van der Waals surface area contributed by atoms with Crippen LogP contribution in [0.1, 0.15) is 22.4 Å². The minimum absolute atomic E-state index is 0.0260. The normalized spacial score (nSPS) is 10.7. The second-order valence-corrected chi connectivity index (χ2v) is 9.75. The van der Waals surface area contributed by atoms with Gasteiger partial charge in [-0.15, -0.1) is 0 Å². The quantitative estimate of drug-likeness (QED) is 0.149. The lowest BCUT2D eigenvalue weighted by molar-refractivity contribution is -0.394. The molecule has 0 bridgehead atoms. The highest BCUT2D eigenvalue weighted by Crippen LogP contribution is 2.42. The van der Waals surface area contributed by atoms with Crippen LogP contribution in [0.4, 0.5) is 11.4 Å². The molecule has 0 aliphatic heterocycles. The molecule has 0 unspecified atom stereocenters. The van der Waals surface area contributed by atoms with Gasteiger partial charge in [0.15, 0.2) is 18.1 Å². The first-order valence-corrected chi connectivity index (χ1v) is 13.1. The maximum absolute atomic E-state index is 12.3. The first kappa shape index (κ1) is 31.9. The van der Waals surface area contributed by atoms with Gasteiger partial charge in [0, 0.05) is 23.2 Å². The number of hydrogen-bond donors (Lipinski definition) is 1. The van der Waals surface area contributed by atoms with E-state index in [1.165, 1.54) is 32.6 Å². The number of hydrogen-bond acceptors (Lipinski definition) is 12. The Kier molecular flexibility index (Phi) is 10.8. The molecule has 15 nitrogen and oxygen atoms in total. The number of pyridine rings is 1. The van der Waals surface area contributed by atoms with Crippen LogP contribution >= 0.6 is 31.9 Å². The van der Waals surface area contributed by atoms with E-state index >= 15 is 0 Å². The third kappa shape index (κ3) is 7.54. The summed E-state index contributed by atoms with van der Waals surface area (Å²) < 4.78 is 22.5. The first-order chi connectivity index (χ1) is 20.0. The Balaban J connectivity index is 1.73. The number of carbonyl (C=O) groups is 1. The molecule has 1 amide bonds. The summed E-state index contributed by atoms with van der Waals surface area (Å²) in [5.41, 5.74) is 2.86. The number of nitrogens with zero attached hydrogens (tertiary/aromatic N) is 5. The van der Waals surface area contributed by atoms with Crippen molar-refractivity contribution in [1.82, 2.24) is 10.4 Å². The lowest BCUT2D eigenvalue weighted by atomic mass is 10.1. The van der Waals surface area contributed by atoms with Crippen LogP contribution in [0.3, 0.4) is 0 Å². The molecule has 0 atom stereocenters. The Morgan fingerprint density at radius 1 is 1.17 bits per heavy atom. The number of aryl methyl sites for hydroxylation is 1. The van der Waals surface area contributed by atoms with Crippen LogP contribution < -0.4 is 19.6 Å². The summed E-state index contributed by atoms with van der Waals surface area (Å²) in [6.07, 6.45) is 1.29. The molecule has 17 heteroatoms. The molecule has 0 saturated carbocycles. The van der Waals surface area contributed by atoms with Gasteiger partial charge in [-0.25, -0.2) is 10.4 Å². The van der Waals surface area contributed by atoms with Gasteiger partial charge in [0.25, 0.3) is 11.6 Å². The molecule has 0 saturated heterocycles. The fourth-order valence-corrected chi connectivity index (χ4v) is 4.37. The average molecular weight is 708 g/mol. The molecule has 42 heavy (non-hydrogen) atoms. The molecular formula is C25H20Br2N6O9. The van der Waals surface area contributed by atoms with Crippen molar-refractivity contribution in [2.45, 2.75) is 13.5 Å². The number of aromatic nitrogens is 1. The van der Waals surface area contributed by atoms with Crippen LogP contribution in [0.5, 0.6) is 23.1 Å². The van der Waals surface area contributed by atoms with Gasteiger partial charge in [-0.05, 0) is 62.5 Å². The van der Waals surface area contributed by atoms with Crippen molar-refractivity contribution in [2.24, 2.45) is 5.10 Å². The van der Waals surface area contributed by atoms with E-state index in [4.69, 9.17) is 18.9 Å². The standard InChI is InChI=1S/C25H20Br2N6O9/c1-13-23(27)17(11-39-2)16(9-28)25(30-13)41-12-22(34)31-29-10-14-6-18(26)24(21(7-14)40-3)42-20-5-4-15(32(35)36)8-19(20)33(37)38/h4-8,10H,11-12H2,1-3H3,(H,31,34). The Bertz CT molecular complexity index is 1630. The van der Waals surface area contributed by atoms with Gasteiger partial charge in [0.1, 0.15) is 11.6 Å². The average Bonchev–Trinajstić information content (AvgIpc) is 2.95. The lowest BCUT2D eigenvalue weighted by Gasteiger charge is -2.13. The molecule has 0 fully saturated rings. The van der Waals surface area contributed by atoms with Gasteiger partial charge in [0.05, 0.1) is 46.0 Å². The fraction of sp³-hybridized carbons (Fsp3) is 0.200. The Labute approximate surface area is 254 Å². The van der Waals surface area contributed by atoms with E-state index in [1.54, 1.807) is 6.92 Å². The summed E-state index contributed by atoms with van der Waals surface area (Å²) in [5.74, 6) is -0.713. The third-order valence-corrected chi connectivity index (χ3v) is 6.97. The highest BCUT2D eigenvalue weighted by Gasteiger charge is 2.24. The van der Waals surface area contributed by atoms with E-state index < -0.39 is 33.7 Å². The highest BCUT2D eigenvalue weighted by atomic mass is 79.9. The van der Waals surface area contributed by atoms with Gasteiger partial charge < -0.3 is 18.9 Å². The predicted molar refractivity (Wildman–Crippen MR) is 154 cm³/mol. The van der Waals surface area contributed by atoms with Crippen LogP contribution in [0.15, 0.2) is 44.4 Å². The summed E-state index contributed by atoms with van der Waals surface area (Å²) in [6, 6.07) is 8.00. The Hall–Kier alpha value is -4.66. The largest absolute Gasteiger partial charge is 0.493 e. The zero-order valence-electron chi connectivity index (χ0n) is 22.0.